The molecule has 0 aliphatic carbocycles. The Morgan fingerprint density at radius 3 is 2.86 bits per heavy atom. The van der Waals surface area contributed by atoms with Gasteiger partial charge in [0, 0.05) is 25.2 Å². The number of rotatable bonds is 10. The zero-order valence-electron chi connectivity index (χ0n) is 13.1. The van der Waals surface area contributed by atoms with E-state index < -0.39 is 5.97 Å². The minimum Gasteiger partial charge on any atom is -0.481 e. The molecule has 0 aliphatic heterocycles. The molecule has 6 nitrogen and oxygen atoms in total. The van der Waals surface area contributed by atoms with Gasteiger partial charge in [0.25, 0.3) is 0 Å². The Labute approximate surface area is 126 Å². The maximum Gasteiger partial charge on any atom is 0.303 e. The second-order valence-electron chi connectivity index (χ2n) is 5.80. The van der Waals surface area contributed by atoms with Crippen molar-refractivity contribution in [3.05, 3.63) is 12.3 Å². The van der Waals surface area contributed by atoms with E-state index in [1.165, 1.54) is 0 Å². The highest BCUT2D eigenvalue weighted by atomic mass is 16.5. The summed E-state index contributed by atoms with van der Waals surface area (Å²) >= 11 is 0. The van der Waals surface area contributed by atoms with Crippen LogP contribution in [0.3, 0.4) is 0 Å². The molecule has 1 aromatic rings. The van der Waals surface area contributed by atoms with Crippen LogP contribution in [0.15, 0.2) is 12.3 Å². The van der Waals surface area contributed by atoms with Gasteiger partial charge in [-0.3, -0.25) is 4.79 Å². The van der Waals surface area contributed by atoms with Crippen molar-refractivity contribution in [3.8, 4) is 5.88 Å². The van der Waals surface area contributed by atoms with E-state index >= 15 is 0 Å². The Kier molecular flexibility index (Phi) is 6.91. The molecule has 1 rings (SSSR count). The normalized spacial score (nSPS) is 11.2. The second-order valence-corrected chi connectivity index (χ2v) is 5.80. The van der Waals surface area contributed by atoms with E-state index in [9.17, 15) is 4.79 Å². The van der Waals surface area contributed by atoms with E-state index in [2.05, 4.69) is 29.1 Å². The van der Waals surface area contributed by atoms with Gasteiger partial charge >= 0.3 is 5.97 Å². The predicted molar refractivity (Wildman–Crippen MR) is 81.6 cm³/mol. The van der Waals surface area contributed by atoms with Gasteiger partial charge in [0.2, 0.25) is 11.8 Å². The molecule has 1 heterocycles. The quantitative estimate of drug-likeness (QED) is 0.690. The number of ether oxygens (including phenoxy) is 1. The Morgan fingerprint density at radius 2 is 2.19 bits per heavy atom. The number of hydrogen-bond acceptors (Lipinski definition) is 5. The third-order valence-electron chi connectivity index (χ3n) is 3.18. The van der Waals surface area contributed by atoms with Crippen molar-refractivity contribution in [1.29, 1.82) is 0 Å². The van der Waals surface area contributed by atoms with Crippen LogP contribution in [0.4, 0.5) is 5.95 Å². The van der Waals surface area contributed by atoms with Crippen LogP contribution in [0.1, 0.15) is 46.5 Å². The third kappa shape index (κ3) is 7.48. The SMILES string of the molecule is CCCOc1ccnc(NCCC(C)(C)CCC(=O)O)n1. The smallest absolute Gasteiger partial charge is 0.303 e. The molecular formula is C15H25N3O3. The fourth-order valence-electron chi connectivity index (χ4n) is 1.80. The molecule has 0 fully saturated rings. The van der Waals surface area contributed by atoms with Crippen LogP contribution < -0.4 is 10.1 Å². The van der Waals surface area contributed by atoms with E-state index in [0.717, 1.165) is 12.8 Å². The molecule has 0 aromatic carbocycles. The summed E-state index contributed by atoms with van der Waals surface area (Å²) < 4.78 is 5.45. The van der Waals surface area contributed by atoms with E-state index in [0.29, 0.717) is 31.4 Å². The lowest BCUT2D eigenvalue weighted by Gasteiger charge is -2.23. The first kappa shape index (κ1) is 17.2. The largest absolute Gasteiger partial charge is 0.481 e. The summed E-state index contributed by atoms with van der Waals surface area (Å²) in [6.45, 7) is 7.51. The first-order valence-electron chi connectivity index (χ1n) is 7.34. The Morgan fingerprint density at radius 1 is 1.43 bits per heavy atom. The van der Waals surface area contributed by atoms with E-state index in [4.69, 9.17) is 9.84 Å². The van der Waals surface area contributed by atoms with Gasteiger partial charge in [-0.25, -0.2) is 4.98 Å². The molecule has 0 unspecified atom stereocenters. The lowest BCUT2D eigenvalue weighted by Crippen LogP contribution is -2.19. The zero-order chi connectivity index (χ0) is 15.7. The number of nitrogens with one attached hydrogen (secondary N) is 1. The number of hydrogen-bond donors (Lipinski definition) is 2. The summed E-state index contributed by atoms with van der Waals surface area (Å²) in [5, 5.41) is 11.9. The Bertz CT molecular complexity index is 450. The van der Waals surface area contributed by atoms with Gasteiger partial charge in [0.05, 0.1) is 6.61 Å². The van der Waals surface area contributed by atoms with E-state index in [-0.39, 0.29) is 11.8 Å². The zero-order valence-corrected chi connectivity index (χ0v) is 13.1. The molecule has 0 saturated carbocycles. The number of aromatic nitrogens is 2. The molecule has 0 amide bonds. The molecule has 0 atom stereocenters. The average Bonchev–Trinajstić information content (AvgIpc) is 2.43. The van der Waals surface area contributed by atoms with Crippen molar-refractivity contribution in [2.75, 3.05) is 18.5 Å². The van der Waals surface area contributed by atoms with E-state index in [1.807, 2.05) is 6.92 Å². The maximum absolute atomic E-state index is 10.6. The lowest BCUT2D eigenvalue weighted by atomic mass is 9.84. The number of aliphatic carboxylic acids is 1. The van der Waals surface area contributed by atoms with Gasteiger partial charge in [-0.15, -0.1) is 0 Å². The van der Waals surface area contributed by atoms with Crippen molar-refractivity contribution in [2.24, 2.45) is 5.41 Å². The summed E-state index contributed by atoms with van der Waals surface area (Å²) in [5.41, 5.74) is -0.0261. The van der Waals surface area contributed by atoms with Crippen molar-refractivity contribution in [1.82, 2.24) is 9.97 Å². The number of carboxylic acid groups (broad SMARTS) is 1. The topological polar surface area (TPSA) is 84.3 Å². The molecule has 6 heteroatoms. The van der Waals surface area contributed by atoms with Crippen LogP contribution in [0.25, 0.3) is 0 Å². The van der Waals surface area contributed by atoms with Crippen LogP contribution in [-0.4, -0.2) is 34.2 Å². The highest BCUT2D eigenvalue weighted by molar-refractivity contribution is 5.66. The van der Waals surface area contributed by atoms with Gasteiger partial charge in [0.1, 0.15) is 0 Å². The van der Waals surface area contributed by atoms with Crippen molar-refractivity contribution in [3.63, 3.8) is 0 Å². The standard InChI is InChI=1S/C15H25N3O3/c1-4-11-21-12-6-9-16-14(18-12)17-10-8-15(2,3)7-5-13(19)20/h6,9H,4-5,7-8,10-11H2,1-3H3,(H,19,20)(H,16,17,18). The van der Waals surface area contributed by atoms with Gasteiger partial charge < -0.3 is 15.2 Å². The molecule has 0 bridgehead atoms. The van der Waals surface area contributed by atoms with Crippen LogP contribution in [-0.2, 0) is 4.79 Å². The molecular weight excluding hydrogens is 270 g/mol. The monoisotopic (exact) mass is 295 g/mol. The minimum atomic E-state index is -0.750. The number of carbonyl (C=O) groups is 1. The molecule has 21 heavy (non-hydrogen) atoms. The summed E-state index contributed by atoms with van der Waals surface area (Å²) in [5.74, 6) is 0.359. The summed E-state index contributed by atoms with van der Waals surface area (Å²) in [7, 11) is 0. The second kappa shape index (κ2) is 8.44. The fraction of sp³-hybridized carbons (Fsp3) is 0.667. The van der Waals surface area contributed by atoms with Crippen molar-refractivity contribution >= 4 is 11.9 Å². The fourth-order valence-corrected chi connectivity index (χ4v) is 1.80. The highest BCUT2D eigenvalue weighted by Gasteiger charge is 2.18. The lowest BCUT2D eigenvalue weighted by molar-refractivity contribution is -0.137. The first-order valence-corrected chi connectivity index (χ1v) is 7.34. The van der Waals surface area contributed by atoms with Crippen LogP contribution >= 0.6 is 0 Å². The Balaban J connectivity index is 2.39. The van der Waals surface area contributed by atoms with Gasteiger partial charge in [-0.2, -0.15) is 4.98 Å². The van der Waals surface area contributed by atoms with Gasteiger partial charge in [-0.05, 0) is 24.7 Å². The highest BCUT2D eigenvalue weighted by Crippen LogP contribution is 2.26. The van der Waals surface area contributed by atoms with Gasteiger partial charge in [0.15, 0.2) is 0 Å². The van der Waals surface area contributed by atoms with E-state index in [1.54, 1.807) is 12.3 Å². The number of anilines is 1. The van der Waals surface area contributed by atoms with Crippen LogP contribution in [0, 0.1) is 5.41 Å². The van der Waals surface area contributed by atoms with Crippen molar-refractivity contribution < 1.29 is 14.6 Å². The molecule has 0 radical (unpaired) electrons. The van der Waals surface area contributed by atoms with Crippen molar-refractivity contribution in [2.45, 2.75) is 46.5 Å². The third-order valence-corrected chi connectivity index (χ3v) is 3.18. The molecule has 1 aromatic heterocycles. The van der Waals surface area contributed by atoms with Crippen LogP contribution in [0.2, 0.25) is 0 Å². The average molecular weight is 295 g/mol. The number of nitrogens with zero attached hydrogens (tertiary/aromatic N) is 2. The Hall–Kier alpha value is -1.85. The maximum atomic E-state index is 10.6. The molecule has 0 saturated heterocycles. The molecule has 118 valence electrons. The first-order chi connectivity index (χ1) is 9.93. The van der Waals surface area contributed by atoms with Crippen LogP contribution in [0.5, 0.6) is 5.88 Å². The number of carboxylic acids is 1. The molecule has 0 aliphatic rings. The van der Waals surface area contributed by atoms with Gasteiger partial charge in [-0.1, -0.05) is 20.8 Å². The minimum absolute atomic E-state index is 0.0261. The summed E-state index contributed by atoms with van der Waals surface area (Å²) in [6, 6.07) is 1.73. The summed E-state index contributed by atoms with van der Waals surface area (Å²) in [6.07, 6.45) is 4.30. The predicted octanol–water partition coefficient (Wildman–Crippen LogP) is 2.96. The molecule has 2 N–H and O–H groups in total. The summed E-state index contributed by atoms with van der Waals surface area (Å²) in [4.78, 5) is 19.0. The molecule has 0 spiro atoms.